The summed E-state index contributed by atoms with van der Waals surface area (Å²) < 4.78 is 0.909. The van der Waals surface area contributed by atoms with Gasteiger partial charge >= 0.3 is 0 Å². The Labute approximate surface area is 118 Å². The van der Waals surface area contributed by atoms with Crippen LogP contribution in [0.5, 0.6) is 0 Å². The fourth-order valence-corrected chi connectivity index (χ4v) is 3.91. The molecular formula is C14H21ClN2S. The second kappa shape index (κ2) is 5.49. The molecule has 3 rings (SSSR count). The van der Waals surface area contributed by atoms with Crippen LogP contribution >= 0.6 is 22.9 Å². The maximum absolute atomic E-state index is 6.06. The van der Waals surface area contributed by atoms with Gasteiger partial charge in [0.2, 0.25) is 0 Å². The van der Waals surface area contributed by atoms with Crippen molar-refractivity contribution in [2.75, 3.05) is 13.1 Å². The van der Waals surface area contributed by atoms with Gasteiger partial charge in [0.1, 0.15) is 0 Å². The van der Waals surface area contributed by atoms with Crippen molar-refractivity contribution in [2.45, 2.75) is 50.7 Å². The summed E-state index contributed by atoms with van der Waals surface area (Å²) in [7, 11) is 0. The number of nitrogens with zero attached hydrogens (tertiary/aromatic N) is 1. The number of hydrogen-bond donors (Lipinski definition) is 1. The monoisotopic (exact) mass is 284 g/mol. The predicted molar refractivity (Wildman–Crippen MR) is 78.5 cm³/mol. The van der Waals surface area contributed by atoms with Crippen LogP contribution in [0.4, 0.5) is 0 Å². The SMILES string of the molecule is CC(c1csc(Cl)c1)N(CC1CCCN1)C1CC1. The first kappa shape index (κ1) is 12.9. The Morgan fingerprint density at radius 1 is 1.50 bits per heavy atom. The third-order valence-electron chi connectivity index (χ3n) is 4.18. The van der Waals surface area contributed by atoms with Crippen LogP contribution in [0, 0.1) is 0 Å². The largest absolute Gasteiger partial charge is 0.313 e. The first-order valence-corrected chi connectivity index (χ1v) is 8.23. The topological polar surface area (TPSA) is 15.3 Å². The third-order valence-corrected chi connectivity index (χ3v) is 5.29. The average molecular weight is 285 g/mol. The lowest BCUT2D eigenvalue weighted by atomic mass is 10.1. The summed E-state index contributed by atoms with van der Waals surface area (Å²) in [5.74, 6) is 0. The van der Waals surface area contributed by atoms with Crippen molar-refractivity contribution in [3.63, 3.8) is 0 Å². The minimum atomic E-state index is 0.503. The Balaban J connectivity index is 1.68. The summed E-state index contributed by atoms with van der Waals surface area (Å²) in [5.41, 5.74) is 1.38. The van der Waals surface area contributed by atoms with Crippen LogP contribution in [-0.4, -0.2) is 30.1 Å². The van der Waals surface area contributed by atoms with E-state index in [2.05, 4.69) is 28.6 Å². The Morgan fingerprint density at radius 3 is 2.89 bits per heavy atom. The van der Waals surface area contributed by atoms with Crippen molar-refractivity contribution in [3.8, 4) is 0 Å². The zero-order chi connectivity index (χ0) is 12.5. The van der Waals surface area contributed by atoms with Crippen molar-refractivity contribution in [2.24, 2.45) is 0 Å². The van der Waals surface area contributed by atoms with E-state index in [1.165, 1.54) is 44.3 Å². The van der Waals surface area contributed by atoms with Crippen LogP contribution in [0.1, 0.15) is 44.2 Å². The van der Waals surface area contributed by atoms with Gasteiger partial charge in [-0.1, -0.05) is 11.6 Å². The molecule has 2 nitrogen and oxygen atoms in total. The molecule has 1 saturated carbocycles. The highest BCUT2D eigenvalue weighted by Gasteiger charge is 2.34. The molecule has 18 heavy (non-hydrogen) atoms. The van der Waals surface area contributed by atoms with Gasteiger partial charge in [-0.05, 0) is 56.2 Å². The molecule has 2 atom stereocenters. The molecule has 0 amide bonds. The van der Waals surface area contributed by atoms with Crippen LogP contribution in [0.25, 0.3) is 0 Å². The molecule has 1 N–H and O–H groups in total. The Kier molecular flexibility index (Phi) is 3.94. The maximum Gasteiger partial charge on any atom is 0.0931 e. The van der Waals surface area contributed by atoms with Crippen molar-refractivity contribution >= 4 is 22.9 Å². The smallest absolute Gasteiger partial charge is 0.0931 e. The molecule has 1 aromatic rings. The van der Waals surface area contributed by atoms with E-state index in [9.17, 15) is 0 Å². The van der Waals surface area contributed by atoms with E-state index in [1.54, 1.807) is 11.3 Å². The second-order valence-corrected chi connectivity index (χ2v) is 7.12. The standard InChI is InChI=1S/C14H21ClN2S/c1-10(11-7-14(15)18-9-11)17(13-4-5-13)8-12-3-2-6-16-12/h7,9-10,12-13,16H,2-6,8H2,1H3. The fourth-order valence-electron chi connectivity index (χ4n) is 2.93. The van der Waals surface area contributed by atoms with Crippen molar-refractivity contribution in [3.05, 3.63) is 21.3 Å². The normalized spacial score (nSPS) is 25.8. The minimum Gasteiger partial charge on any atom is -0.313 e. The van der Waals surface area contributed by atoms with Gasteiger partial charge in [-0.3, -0.25) is 4.90 Å². The van der Waals surface area contributed by atoms with Gasteiger partial charge in [0.25, 0.3) is 0 Å². The number of thiophene rings is 1. The fraction of sp³-hybridized carbons (Fsp3) is 0.714. The summed E-state index contributed by atoms with van der Waals surface area (Å²) >= 11 is 7.71. The van der Waals surface area contributed by atoms with E-state index in [1.807, 2.05) is 0 Å². The Morgan fingerprint density at radius 2 is 2.33 bits per heavy atom. The molecule has 2 aliphatic rings. The van der Waals surface area contributed by atoms with Crippen molar-refractivity contribution < 1.29 is 0 Å². The number of rotatable bonds is 5. The number of nitrogens with one attached hydrogen (secondary N) is 1. The summed E-state index contributed by atoms with van der Waals surface area (Å²) in [6.45, 7) is 4.72. The minimum absolute atomic E-state index is 0.503. The predicted octanol–water partition coefficient (Wildman–Crippen LogP) is 3.68. The number of halogens is 1. The van der Waals surface area contributed by atoms with Crippen LogP contribution in [0.15, 0.2) is 11.4 Å². The quantitative estimate of drug-likeness (QED) is 0.887. The maximum atomic E-state index is 6.06. The van der Waals surface area contributed by atoms with Gasteiger partial charge in [0, 0.05) is 24.7 Å². The van der Waals surface area contributed by atoms with Crippen LogP contribution in [-0.2, 0) is 0 Å². The summed E-state index contributed by atoms with van der Waals surface area (Å²) in [5, 5.41) is 5.83. The molecule has 0 spiro atoms. The second-order valence-electron chi connectivity index (χ2n) is 5.58. The third kappa shape index (κ3) is 2.90. The van der Waals surface area contributed by atoms with Crippen LogP contribution in [0.3, 0.4) is 0 Å². The molecule has 2 heterocycles. The molecule has 2 fully saturated rings. The summed E-state index contributed by atoms with van der Waals surface area (Å²) in [6, 6.07) is 4.14. The van der Waals surface area contributed by atoms with Gasteiger partial charge < -0.3 is 5.32 Å². The van der Waals surface area contributed by atoms with E-state index in [-0.39, 0.29) is 0 Å². The Bertz CT molecular complexity index is 396. The highest BCUT2D eigenvalue weighted by atomic mass is 35.5. The van der Waals surface area contributed by atoms with E-state index >= 15 is 0 Å². The molecular weight excluding hydrogens is 264 g/mol. The van der Waals surface area contributed by atoms with Crippen molar-refractivity contribution in [1.82, 2.24) is 10.2 Å². The zero-order valence-electron chi connectivity index (χ0n) is 10.9. The molecule has 2 unspecified atom stereocenters. The van der Waals surface area contributed by atoms with Gasteiger partial charge in [0.15, 0.2) is 0 Å². The zero-order valence-corrected chi connectivity index (χ0v) is 12.4. The molecule has 4 heteroatoms. The Hall–Kier alpha value is -0.0900. The van der Waals surface area contributed by atoms with E-state index in [0.29, 0.717) is 12.1 Å². The van der Waals surface area contributed by atoms with Gasteiger partial charge in [-0.2, -0.15) is 0 Å². The molecule has 0 radical (unpaired) electrons. The highest BCUT2D eigenvalue weighted by Crippen LogP contribution is 2.36. The summed E-state index contributed by atoms with van der Waals surface area (Å²) in [6.07, 6.45) is 5.41. The molecule has 1 saturated heterocycles. The molecule has 1 aromatic heterocycles. The van der Waals surface area contributed by atoms with E-state index in [4.69, 9.17) is 11.6 Å². The van der Waals surface area contributed by atoms with Crippen molar-refractivity contribution in [1.29, 1.82) is 0 Å². The highest BCUT2D eigenvalue weighted by molar-refractivity contribution is 7.14. The van der Waals surface area contributed by atoms with Gasteiger partial charge in [-0.25, -0.2) is 0 Å². The lowest BCUT2D eigenvalue weighted by molar-refractivity contribution is 0.182. The van der Waals surface area contributed by atoms with Gasteiger partial charge in [0.05, 0.1) is 4.34 Å². The lowest BCUT2D eigenvalue weighted by Gasteiger charge is -2.31. The molecule has 1 aliphatic carbocycles. The number of hydrogen-bond acceptors (Lipinski definition) is 3. The molecule has 1 aliphatic heterocycles. The molecule has 0 aromatic carbocycles. The lowest BCUT2D eigenvalue weighted by Crippen LogP contribution is -2.40. The first-order chi connectivity index (χ1) is 8.74. The van der Waals surface area contributed by atoms with Crippen LogP contribution in [0.2, 0.25) is 4.34 Å². The first-order valence-electron chi connectivity index (χ1n) is 6.97. The van der Waals surface area contributed by atoms with Gasteiger partial charge in [-0.15, -0.1) is 11.3 Å². The molecule has 0 bridgehead atoms. The van der Waals surface area contributed by atoms with Crippen LogP contribution < -0.4 is 5.32 Å². The van der Waals surface area contributed by atoms with E-state index in [0.717, 1.165) is 10.4 Å². The average Bonchev–Trinajstić information content (AvgIpc) is 2.88. The van der Waals surface area contributed by atoms with E-state index < -0.39 is 0 Å². The molecule has 100 valence electrons. The summed E-state index contributed by atoms with van der Waals surface area (Å²) in [4.78, 5) is 2.68.